The quantitative estimate of drug-likeness (QED) is 0.367. The van der Waals surface area contributed by atoms with E-state index >= 15 is 0 Å². The molecule has 0 aliphatic rings. The number of nitrogens with zero attached hydrogens (tertiary/aromatic N) is 4. The Balaban J connectivity index is 1.70. The summed E-state index contributed by atoms with van der Waals surface area (Å²) in [5.41, 5.74) is 1.09. The van der Waals surface area contributed by atoms with E-state index < -0.39 is 10.9 Å². The van der Waals surface area contributed by atoms with Gasteiger partial charge in [-0.05, 0) is 23.6 Å². The molecule has 3 rings (SSSR count). The summed E-state index contributed by atoms with van der Waals surface area (Å²) in [6.45, 7) is -0.223. The van der Waals surface area contributed by atoms with Crippen LogP contribution in [0.25, 0.3) is 11.4 Å². The molecule has 0 unspecified atom stereocenters. The Labute approximate surface area is 152 Å². The largest absolute Gasteiger partial charge is 0.452 e. The maximum absolute atomic E-state index is 12.2. The second-order valence-electron chi connectivity index (χ2n) is 5.45. The topological polar surface area (TPSA) is 112 Å². The summed E-state index contributed by atoms with van der Waals surface area (Å²) in [6.07, 6.45) is 0. The number of hydrogen-bond donors (Lipinski definition) is 0. The minimum absolute atomic E-state index is 0.0693. The van der Waals surface area contributed by atoms with Crippen LogP contribution in [-0.2, 0) is 11.3 Å². The van der Waals surface area contributed by atoms with E-state index in [4.69, 9.17) is 9.26 Å². The number of benzene rings is 1. The van der Waals surface area contributed by atoms with Gasteiger partial charge in [0.15, 0.2) is 6.61 Å². The highest BCUT2D eigenvalue weighted by Crippen LogP contribution is 2.28. The second-order valence-corrected chi connectivity index (χ2v) is 6.23. The smallest absolute Gasteiger partial charge is 0.338 e. The first-order chi connectivity index (χ1) is 12.5. The molecular weight excluding hydrogens is 360 g/mol. The molecule has 0 aliphatic carbocycles. The van der Waals surface area contributed by atoms with Gasteiger partial charge in [-0.1, -0.05) is 5.16 Å². The molecule has 0 radical (unpaired) electrons. The second kappa shape index (κ2) is 7.31. The number of hydrogen-bond acceptors (Lipinski definition) is 9. The molecule has 0 atom stereocenters. The van der Waals surface area contributed by atoms with Crippen LogP contribution in [-0.4, -0.2) is 35.1 Å². The van der Waals surface area contributed by atoms with Crippen molar-refractivity contribution in [3.05, 3.63) is 56.6 Å². The van der Waals surface area contributed by atoms with Crippen LogP contribution in [0.1, 0.15) is 16.2 Å². The zero-order chi connectivity index (χ0) is 18.7. The number of nitro benzene ring substituents is 1. The molecule has 0 saturated heterocycles. The molecule has 26 heavy (non-hydrogen) atoms. The number of aromatic nitrogens is 2. The maximum atomic E-state index is 12.2. The Bertz CT molecular complexity index is 936. The van der Waals surface area contributed by atoms with Crippen molar-refractivity contribution >= 4 is 28.7 Å². The van der Waals surface area contributed by atoms with Gasteiger partial charge in [-0.2, -0.15) is 16.3 Å². The summed E-state index contributed by atoms with van der Waals surface area (Å²) in [7, 11) is 3.36. The number of esters is 1. The highest BCUT2D eigenvalue weighted by molar-refractivity contribution is 7.08. The molecule has 134 valence electrons. The third-order valence-corrected chi connectivity index (χ3v) is 4.15. The highest BCUT2D eigenvalue weighted by atomic mass is 32.1. The monoisotopic (exact) mass is 374 g/mol. The number of thiophene rings is 1. The molecule has 10 heteroatoms. The fourth-order valence-electron chi connectivity index (χ4n) is 2.21. The SMILES string of the molecule is CN(C)c1ccc(C(=O)OCc2nc(-c3ccsc3)no2)cc1[N+](=O)[O-]. The molecular formula is C16H14N4O5S. The molecule has 2 aromatic heterocycles. The van der Waals surface area contributed by atoms with Gasteiger partial charge in [-0.25, -0.2) is 4.79 Å². The lowest BCUT2D eigenvalue weighted by Gasteiger charge is -2.13. The fraction of sp³-hybridized carbons (Fsp3) is 0.188. The normalized spacial score (nSPS) is 10.5. The number of rotatable bonds is 6. The van der Waals surface area contributed by atoms with E-state index in [1.165, 1.54) is 29.5 Å². The first kappa shape index (κ1) is 17.5. The van der Waals surface area contributed by atoms with Crippen LogP contribution in [0.4, 0.5) is 11.4 Å². The van der Waals surface area contributed by atoms with Crippen LogP contribution < -0.4 is 4.90 Å². The number of ether oxygens (including phenoxy) is 1. The fourth-order valence-corrected chi connectivity index (χ4v) is 2.84. The predicted octanol–water partition coefficient (Wildman–Crippen LogP) is 3.13. The lowest BCUT2D eigenvalue weighted by molar-refractivity contribution is -0.384. The standard InChI is InChI=1S/C16H14N4O5S/c1-19(2)12-4-3-10(7-13(12)20(22)23)16(21)24-8-14-17-15(18-25-14)11-5-6-26-9-11/h3-7,9H,8H2,1-2H3. The third-order valence-electron chi connectivity index (χ3n) is 3.46. The zero-order valence-electron chi connectivity index (χ0n) is 13.9. The number of anilines is 1. The Kier molecular flexibility index (Phi) is 4.94. The van der Waals surface area contributed by atoms with E-state index in [0.29, 0.717) is 11.5 Å². The predicted molar refractivity (Wildman–Crippen MR) is 94.2 cm³/mol. The molecule has 0 saturated carbocycles. The highest BCUT2D eigenvalue weighted by Gasteiger charge is 2.20. The van der Waals surface area contributed by atoms with Gasteiger partial charge in [-0.15, -0.1) is 0 Å². The van der Waals surface area contributed by atoms with Crippen molar-refractivity contribution in [3.63, 3.8) is 0 Å². The van der Waals surface area contributed by atoms with Crippen molar-refractivity contribution in [3.8, 4) is 11.4 Å². The molecule has 0 amide bonds. The van der Waals surface area contributed by atoms with Gasteiger partial charge in [0.1, 0.15) is 5.69 Å². The average molecular weight is 374 g/mol. The van der Waals surface area contributed by atoms with Crippen molar-refractivity contribution < 1.29 is 19.0 Å². The van der Waals surface area contributed by atoms with Crippen LogP contribution in [0.5, 0.6) is 0 Å². The van der Waals surface area contributed by atoms with E-state index in [1.54, 1.807) is 19.0 Å². The summed E-state index contributed by atoms with van der Waals surface area (Å²) in [5, 5.41) is 18.8. The van der Waals surface area contributed by atoms with Crippen molar-refractivity contribution in [2.45, 2.75) is 6.61 Å². The maximum Gasteiger partial charge on any atom is 0.338 e. The van der Waals surface area contributed by atoms with Gasteiger partial charge < -0.3 is 14.2 Å². The molecule has 1 aromatic carbocycles. The first-order valence-corrected chi connectivity index (χ1v) is 8.38. The molecule has 0 fully saturated rings. The molecule has 0 spiro atoms. The number of nitro groups is 1. The summed E-state index contributed by atoms with van der Waals surface area (Å²) < 4.78 is 10.1. The lowest BCUT2D eigenvalue weighted by atomic mass is 10.1. The Hall–Kier alpha value is -3.27. The van der Waals surface area contributed by atoms with Crippen LogP contribution in [0.3, 0.4) is 0 Å². The molecule has 0 aliphatic heterocycles. The van der Waals surface area contributed by atoms with E-state index in [-0.39, 0.29) is 23.7 Å². The molecule has 9 nitrogen and oxygen atoms in total. The van der Waals surface area contributed by atoms with Gasteiger partial charge in [0.2, 0.25) is 5.82 Å². The number of carbonyl (C=O) groups excluding carboxylic acids is 1. The third kappa shape index (κ3) is 3.70. The van der Waals surface area contributed by atoms with Crippen LogP contribution in [0, 0.1) is 10.1 Å². The van der Waals surface area contributed by atoms with Gasteiger partial charge in [0.05, 0.1) is 10.5 Å². The Morgan fingerprint density at radius 2 is 2.19 bits per heavy atom. The van der Waals surface area contributed by atoms with Crippen LogP contribution in [0.15, 0.2) is 39.5 Å². The number of carbonyl (C=O) groups is 1. The van der Waals surface area contributed by atoms with E-state index in [9.17, 15) is 14.9 Å². The summed E-state index contributed by atoms with van der Waals surface area (Å²) >= 11 is 1.50. The van der Waals surface area contributed by atoms with Gasteiger partial charge >= 0.3 is 5.97 Å². The van der Waals surface area contributed by atoms with Crippen LogP contribution >= 0.6 is 11.3 Å². The molecule has 2 heterocycles. The van der Waals surface area contributed by atoms with E-state index in [0.717, 1.165) is 5.56 Å². The van der Waals surface area contributed by atoms with Gasteiger partial charge in [0.25, 0.3) is 11.6 Å². The first-order valence-electron chi connectivity index (χ1n) is 7.43. The molecule has 0 N–H and O–H groups in total. The summed E-state index contributed by atoms with van der Waals surface area (Å²) in [6, 6.07) is 5.99. The lowest BCUT2D eigenvalue weighted by Crippen LogP contribution is -2.12. The van der Waals surface area contributed by atoms with Crippen molar-refractivity contribution in [1.82, 2.24) is 10.1 Å². The Morgan fingerprint density at radius 1 is 1.38 bits per heavy atom. The minimum atomic E-state index is -0.714. The summed E-state index contributed by atoms with van der Waals surface area (Å²) in [4.78, 5) is 28.5. The molecule has 3 aromatic rings. The van der Waals surface area contributed by atoms with Crippen LogP contribution in [0.2, 0.25) is 0 Å². The van der Waals surface area contributed by atoms with E-state index in [2.05, 4.69) is 10.1 Å². The van der Waals surface area contributed by atoms with Crippen molar-refractivity contribution in [2.24, 2.45) is 0 Å². The average Bonchev–Trinajstić information content (AvgIpc) is 3.30. The van der Waals surface area contributed by atoms with Crippen molar-refractivity contribution in [1.29, 1.82) is 0 Å². The van der Waals surface area contributed by atoms with Gasteiger partial charge in [-0.3, -0.25) is 10.1 Å². The zero-order valence-corrected chi connectivity index (χ0v) is 14.7. The van der Waals surface area contributed by atoms with E-state index in [1.807, 2.05) is 16.8 Å². The minimum Gasteiger partial charge on any atom is -0.452 e. The van der Waals surface area contributed by atoms with Crippen molar-refractivity contribution in [2.75, 3.05) is 19.0 Å². The summed E-state index contributed by atoms with van der Waals surface area (Å²) in [5.74, 6) is -0.170. The van der Waals surface area contributed by atoms with Gasteiger partial charge in [0, 0.05) is 31.1 Å². The molecule has 0 bridgehead atoms. The Morgan fingerprint density at radius 3 is 2.85 bits per heavy atom.